The molecule has 2 N–H and O–H groups in total. The van der Waals surface area contributed by atoms with Gasteiger partial charge in [0.15, 0.2) is 11.6 Å². The van der Waals surface area contributed by atoms with E-state index in [1.54, 1.807) is 23.0 Å². The topological polar surface area (TPSA) is 85.2 Å². The number of methoxy groups -OCH3 is 1. The molecular weight excluding hydrogens is 435 g/mol. The zero-order chi connectivity index (χ0) is 24.1. The second-order valence-electron chi connectivity index (χ2n) is 8.82. The summed E-state index contributed by atoms with van der Waals surface area (Å²) in [6.07, 6.45) is 5.94. The molecule has 2 atom stereocenters. The molecule has 1 saturated heterocycles. The molecule has 34 heavy (non-hydrogen) atoms. The molecular formula is C26H29FN4O3. The molecule has 2 amide bonds. The van der Waals surface area contributed by atoms with Gasteiger partial charge in [-0.1, -0.05) is 24.3 Å². The summed E-state index contributed by atoms with van der Waals surface area (Å²) >= 11 is 0. The van der Waals surface area contributed by atoms with Crippen molar-refractivity contribution in [1.29, 1.82) is 0 Å². The zero-order valence-corrected chi connectivity index (χ0v) is 19.4. The van der Waals surface area contributed by atoms with Gasteiger partial charge < -0.3 is 15.4 Å². The highest BCUT2D eigenvalue weighted by Crippen LogP contribution is 2.31. The molecule has 178 valence electrons. The summed E-state index contributed by atoms with van der Waals surface area (Å²) in [4.78, 5) is 24.8. The summed E-state index contributed by atoms with van der Waals surface area (Å²) in [5.74, 6) is -0.396. The van der Waals surface area contributed by atoms with E-state index in [1.807, 2.05) is 43.5 Å². The van der Waals surface area contributed by atoms with Crippen molar-refractivity contribution in [3.8, 4) is 11.4 Å². The van der Waals surface area contributed by atoms with E-state index < -0.39 is 11.4 Å². The van der Waals surface area contributed by atoms with Gasteiger partial charge in [0.05, 0.1) is 25.0 Å². The quantitative estimate of drug-likeness (QED) is 0.504. The van der Waals surface area contributed by atoms with Crippen LogP contribution in [0, 0.1) is 5.82 Å². The summed E-state index contributed by atoms with van der Waals surface area (Å²) in [5, 5.41) is 10.5. The zero-order valence-electron chi connectivity index (χ0n) is 19.4. The van der Waals surface area contributed by atoms with Crippen molar-refractivity contribution >= 4 is 11.8 Å². The van der Waals surface area contributed by atoms with Crippen molar-refractivity contribution in [2.45, 2.75) is 50.6 Å². The Balaban J connectivity index is 1.38. The lowest BCUT2D eigenvalue weighted by atomic mass is 9.85. The van der Waals surface area contributed by atoms with Crippen LogP contribution in [0.3, 0.4) is 0 Å². The molecule has 8 heteroatoms. The minimum absolute atomic E-state index is 0.0313. The van der Waals surface area contributed by atoms with Crippen LogP contribution in [0.4, 0.5) is 4.39 Å². The highest BCUT2D eigenvalue weighted by molar-refractivity contribution is 5.80. The lowest BCUT2D eigenvalue weighted by Gasteiger charge is -2.29. The van der Waals surface area contributed by atoms with Crippen LogP contribution < -0.4 is 15.4 Å². The third-order valence-electron chi connectivity index (χ3n) is 6.32. The van der Waals surface area contributed by atoms with Gasteiger partial charge in [0, 0.05) is 30.1 Å². The van der Waals surface area contributed by atoms with E-state index in [-0.39, 0.29) is 30.0 Å². The molecule has 2 heterocycles. The van der Waals surface area contributed by atoms with Crippen molar-refractivity contribution in [1.82, 2.24) is 20.4 Å². The fourth-order valence-electron chi connectivity index (χ4n) is 4.42. The Kier molecular flexibility index (Phi) is 6.95. The Morgan fingerprint density at radius 1 is 1.29 bits per heavy atom. The number of rotatable bonds is 9. The van der Waals surface area contributed by atoms with E-state index in [4.69, 9.17) is 4.74 Å². The average Bonchev–Trinajstić information content (AvgIpc) is 3.47. The Hall–Kier alpha value is -3.68. The molecule has 1 aromatic heterocycles. The maximum Gasteiger partial charge on any atom is 0.220 e. The minimum atomic E-state index is -0.543. The largest absolute Gasteiger partial charge is 0.494 e. The Morgan fingerprint density at radius 2 is 2.09 bits per heavy atom. The molecule has 1 aliphatic heterocycles. The van der Waals surface area contributed by atoms with Crippen molar-refractivity contribution in [2.24, 2.45) is 0 Å². The SMILES string of the molecule is COc1cc(C[C@]2(CCC(=O)N[C@@H](C)c3cnn(-c4ccccc4)c3)CCC(=O)N2)ccc1F. The van der Waals surface area contributed by atoms with E-state index in [2.05, 4.69) is 15.7 Å². The number of hydrogen-bond acceptors (Lipinski definition) is 4. The maximum absolute atomic E-state index is 13.8. The average molecular weight is 465 g/mol. The van der Waals surface area contributed by atoms with Gasteiger partial charge in [-0.2, -0.15) is 5.10 Å². The van der Waals surface area contributed by atoms with Gasteiger partial charge in [0.2, 0.25) is 11.8 Å². The number of halogens is 1. The highest BCUT2D eigenvalue weighted by Gasteiger charge is 2.38. The first kappa shape index (κ1) is 23.5. The van der Waals surface area contributed by atoms with Gasteiger partial charge in [-0.05, 0) is 56.0 Å². The van der Waals surface area contributed by atoms with Crippen molar-refractivity contribution in [3.63, 3.8) is 0 Å². The Labute approximate surface area is 198 Å². The third kappa shape index (κ3) is 5.44. The number of hydrogen-bond donors (Lipinski definition) is 2. The number of carbonyl (C=O) groups excluding carboxylic acids is 2. The van der Waals surface area contributed by atoms with Gasteiger partial charge in [0.1, 0.15) is 0 Å². The van der Waals surface area contributed by atoms with Crippen LogP contribution in [0.25, 0.3) is 5.69 Å². The van der Waals surface area contributed by atoms with Gasteiger partial charge in [-0.15, -0.1) is 0 Å². The minimum Gasteiger partial charge on any atom is -0.494 e. The molecule has 0 saturated carbocycles. The van der Waals surface area contributed by atoms with Crippen LogP contribution in [0.2, 0.25) is 0 Å². The van der Waals surface area contributed by atoms with Crippen LogP contribution in [0.5, 0.6) is 5.75 Å². The van der Waals surface area contributed by atoms with Gasteiger partial charge in [0.25, 0.3) is 0 Å². The van der Waals surface area contributed by atoms with E-state index in [1.165, 1.54) is 13.2 Å². The monoisotopic (exact) mass is 464 g/mol. The van der Waals surface area contributed by atoms with E-state index in [0.717, 1.165) is 16.8 Å². The van der Waals surface area contributed by atoms with Crippen LogP contribution in [0.1, 0.15) is 49.8 Å². The Morgan fingerprint density at radius 3 is 2.79 bits per heavy atom. The first-order valence-corrected chi connectivity index (χ1v) is 11.4. The Bertz CT molecular complexity index is 1160. The first-order chi connectivity index (χ1) is 16.4. The number of nitrogens with zero attached hydrogens (tertiary/aromatic N) is 2. The van der Waals surface area contributed by atoms with E-state index in [0.29, 0.717) is 25.7 Å². The lowest BCUT2D eigenvalue weighted by molar-refractivity contribution is -0.123. The third-order valence-corrected chi connectivity index (χ3v) is 6.32. The van der Waals surface area contributed by atoms with Crippen molar-refractivity contribution < 1.29 is 18.7 Å². The number of para-hydroxylation sites is 1. The summed E-state index contributed by atoms with van der Waals surface area (Å²) in [7, 11) is 1.42. The molecule has 7 nitrogen and oxygen atoms in total. The number of aromatic nitrogens is 2. The van der Waals surface area contributed by atoms with Crippen LogP contribution >= 0.6 is 0 Å². The van der Waals surface area contributed by atoms with Gasteiger partial charge >= 0.3 is 0 Å². The first-order valence-electron chi connectivity index (χ1n) is 11.4. The molecule has 0 aliphatic carbocycles. The number of amides is 2. The number of nitrogens with one attached hydrogen (secondary N) is 2. The van der Waals surface area contributed by atoms with Gasteiger partial charge in [-0.25, -0.2) is 9.07 Å². The molecule has 1 fully saturated rings. The molecule has 0 bridgehead atoms. The molecule has 4 rings (SSSR count). The predicted molar refractivity (Wildman–Crippen MR) is 126 cm³/mol. The highest BCUT2D eigenvalue weighted by atomic mass is 19.1. The van der Waals surface area contributed by atoms with Crippen LogP contribution in [0.15, 0.2) is 60.9 Å². The molecule has 3 aromatic rings. The van der Waals surface area contributed by atoms with Crippen molar-refractivity contribution in [3.05, 3.63) is 77.9 Å². The summed E-state index contributed by atoms with van der Waals surface area (Å²) < 4.78 is 20.7. The second-order valence-corrected chi connectivity index (χ2v) is 8.82. The molecule has 1 aliphatic rings. The molecule has 0 unspecified atom stereocenters. The fraction of sp³-hybridized carbons (Fsp3) is 0.346. The summed E-state index contributed by atoms with van der Waals surface area (Å²) in [6, 6.07) is 14.3. The molecule has 0 radical (unpaired) electrons. The number of benzene rings is 2. The molecule has 2 aromatic carbocycles. The van der Waals surface area contributed by atoms with Crippen LogP contribution in [-0.4, -0.2) is 34.2 Å². The fourth-order valence-corrected chi connectivity index (χ4v) is 4.42. The van der Waals surface area contributed by atoms with Crippen LogP contribution in [-0.2, 0) is 16.0 Å². The maximum atomic E-state index is 13.8. The second kappa shape index (κ2) is 10.1. The standard InChI is InChI=1S/C26H29FN4O3/c1-18(20-16-28-31(17-20)21-6-4-3-5-7-21)29-24(32)10-12-26(13-11-25(33)30-26)15-19-8-9-22(27)23(14-19)34-2/h3-9,14,16-18H,10-13,15H2,1-2H3,(H,29,32)(H,30,33)/t18-,26-/m0/s1. The molecule has 0 spiro atoms. The number of carbonyl (C=O) groups is 2. The summed E-state index contributed by atoms with van der Waals surface area (Å²) in [6.45, 7) is 1.92. The normalized spacial score (nSPS) is 18.4. The summed E-state index contributed by atoms with van der Waals surface area (Å²) in [5.41, 5.74) is 2.16. The van der Waals surface area contributed by atoms with Gasteiger partial charge in [-0.3, -0.25) is 9.59 Å². The lowest BCUT2D eigenvalue weighted by Crippen LogP contribution is -2.44. The smallest absolute Gasteiger partial charge is 0.220 e. The number of ether oxygens (including phenoxy) is 1. The predicted octanol–water partition coefficient (Wildman–Crippen LogP) is 3.87. The van der Waals surface area contributed by atoms with E-state index >= 15 is 0 Å². The van der Waals surface area contributed by atoms with Crippen molar-refractivity contribution in [2.75, 3.05) is 7.11 Å². The van der Waals surface area contributed by atoms with E-state index in [9.17, 15) is 14.0 Å².